The van der Waals surface area contributed by atoms with Gasteiger partial charge in [-0.15, -0.1) is 0 Å². The van der Waals surface area contributed by atoms with E-state index in [1.54, 1.807) is 18.2 Å². The van der Waals surface area contributed by atoms with Crippen molar-refractivity contribution in [1.29, 1.82) is 10.5 Å². The normalized spacial score (nSPS) is 7.62. The highest BCUT2D eigenvalue weighted by atomic mass is 14.2. The molecule has 2 heteroatoms. The van der Waals surface area contributed by atoms with E-state index in [9.17, 15) is 0 Å². The number of nitriles is 2. The maximum absolute atomic E-state index is 8.71. The molecule has 0 bridgehead atoms. The Morgan fingerprint density at radius 1 is 1.23 bits per heavy atom. The summed E-state index contributed by atoms with van der Waals surface area (Å²) >= 11 is 0. The fourth-order valence-electron chi connectivity index (χ4n) is 0.920. The van der Waals surface area contributed by atoms with Crippen molar-refractivity contribution in [1.82, 2.24) is 0 Å². The van der Waals surface area contributed by atoms with Gasteiger partial charge in [-0.05, 0) is 24.6 Å². The lowest BCUT2D eigenvalue weighted by molar-refractivity contribution is 1.38. The van der Waals surface area contributed by atoms with Crippen LogP contribution >= 0.6 is 0 Å². The van der Waals surface area contributed by atoms with Crippen LogP contribution in [-0.4, -0.2) is 0 Å². The summed E-state index contributed by atoms with van der Waals surface area (Å²) in [6.07, 6.45) is 0. The fourth-order valence-corrected chi connectivity index (χ4v) is 0.920. The molecule has 0 radical (unpaired) electrons. The first-order valence-electron chi connectivity index (χ1n) is 3.69. The first kappa shape index (κ1) is 8.85. The van der Waals surface area contributed by atoms with E-state index in [1.165, 1.54) is 0 Å². The zero-order valence-electron chi connectivity index (χ0n) is 7.13. The summed E-state index contributed by atoms with van der Waals surface area (Å²) in [6.45, 7) is 1.86. The van der Waals surface area contributed by atoms with Crippen molar-refractivity contribution < 1.29 is 0 Å². The summed E-state index contributed by atoms with van der Waals surface area (Å²) in [5.41, 5.74) is 2.22. The van der Waals surface area contributed by atoms with Crippen molar-refractivity contribution in [2.45, 2.75) is 6.92 Å². The Kier molecular flexibility index (Phi) is 2.69. The smallest absolute Gasteiger partial charge is 0.152 e. The van der Waals surface area contributed by atoms with Crippen molar-refractivity contribution in [3.63, 3.8) is 0 Å². The van der Waals surface area contributed by atoms with Crippen molar-refractivity contribution in [3.8, 4) is 24.0 Å². The third kappa shape index (κ3) is 2.09. The van der Waals surface area contributed by atoms with Gasteiger partial charge in [-0.3, -0.25) is 0 Å². The molecule has 0 aliphatic heterocycles. The molecule has 1 aromatic carbocycles. The fraction of sp³-hybridized carbons (Fsp3) is 0.0909. The molecule has 0 amide bonds. The molecule has 0 heterocycles. The van der Waals surface area contributed by atoms with Crippen LogP contribution in [0, 0.1) is 41.4 Å². The molecule has 0 aliphatic carbocycles. The number of aryl methyl sites for hydroxylation is 1. The van der Waals surface area contributed by atoms with Crippen LogP contribution in [0.3, 0.4) is 0 Å². The lowest BCUT2D eigenvalue weighted by Gasteiger charge is -1.95. The molecule has 1 rings (SSSR count). The van der Waals surface area contributed by atoms with Gasteiger partial charge in [-0.1, -0.05) is 12.0 Å². The second-order valence-electron chi connectivity index (χ2n) is 2.50. The van der Waals surface area contributed by atoms with Crippen LogP contribution in [0.2, 0.25) is 0 Å². The number of hydrogen-bond acceptors (Lipinski definition) is 2. The monoisotopic (exact) mass is 166 g/mol. The molecule has 0 spiro atoms. The predicted octanol–water partition coefficient (Wildman–Crippen LogP) is 1.74. The minimum Gasteiger partial charge on any atom is -0.192 e. The Bertz CT molecular complexity index is 462. The van der Waals surface area contributed by atoms with Crippen LogP contribution < -0.4 is 0 Å². The summed E-state index contributed by atoms with van der Waals surface area (Å²) in [6, 6.07) is 9.08. The molecule has 0 aliphatic rings. The Morgan fingerprint density at radius 2 is 2.00 bits per heavy atom. The molecule has 60 valence electrons. The lowest BCUT2D eigenvalue weighted by Crippen LogP contribution is -1.83. The van der Waals surface area contributed by atoms with Crippen molar-refractivity contribution >= 4 is 0 Å². The summed E-state index contributed by atoms with van der Waals surface area (Å²) in [5.74, 6) is 4.92. The molecule has 13 heavy (non-hydrogen) atoms. The van der Waals surface area contributed by atoms with Crippen molar-refractivity contribution in [2.75, 3.05) is 0 Å². The Balaban J connectivity index is 3.18. The van der Waals surface area contributed by atoms with E-state index in [0.29, 0.717) is 11.1 Å². The van der Waals surface area contributed by atoms with Gasteiger partial charge < -0.3 is 0 Å². The van der Waals surface area contributed by atoms with Gasteiger partial charge in [-0.25, -0.2) is 0 Å². The second-order valence-corrected chi connectivity index (χ2v) is 2.50. The largest absolute Gasteiger partial charge is 0.192 e. The van der Waals surface area contributed by atoms with Gasteiger partial charge >= 0.3 is 0 Å². The van der Waals surface area contributed by atoms with Gasteiger partial charge in [0.05, 0.1) is 11.6 Å². The SMILES string of the molecule is Cc1ccc(C#CC#N)cc1C#N. The van der Waals surface area contributed by atoms with Crippen molar-refractivity contribution in [2.24, 2.45) is 0 Å². The third-order valence-electron chi connectivity index (χ3n) is 1.62. The average molecular weight is 166 g/mol. The molecule has 0 saturated heterocycles. The average Bonchev–Trinajstić information content (AvgIpc) is 2.16. The molecular formula is C11H6N2. The number of nitrogens with zero attached hydrogens (tertiary/aromatic N) is 2. The molecule has 1 aromatic rings. The zero-order chi connectivity index (χ0) is 9.68. The van der Waals surface area contributed by atoms with E-state index in [-0.39, 0.29) is 0 Å². The molecule has 0 fully saturated rings. The van der Waals surface area contributed by atoms with Crippen LogP contribution in [-0.2, 0) is 0 Å². The Morgan fingerprint density at radius 3 is 2.62 bits per heavy atom. The molecule has 0 aromatic heterocycles. The standard InChI is InChI=1S/C11H6N2/c1-9-4-5-10(3-2-6-12)7-11(9)8-13/h4-5,7H,1H3. The topological polar surface area (TPSA) is 47.6 Å². The van der Waals surface area contributed by atoms with E-state index < -0.39 is 0 Å². The summed E-state index contributed by atoms with van der Waals surface area (Å²) < 4.78 is 0. The highest BCUT2D eigenvalue weighted by Gasteiger charge is 1.96. The van der Waals surface area contributed by atoms with Crippen LogP contribution in [0.5, 0.6) is 0 Å². The molecule has 0 saturated carbocycles. The van der Waals surface area contributed by atoms with Crippen LogP contribution in [0.1, 0.15) is 16.7 Å². The maximum atomic E-state index is 8.71. The molecule has 2 nitrogen and oxygen atoms in total. The number of hydrogen-bond donors (Lipinski definition) is 0. The first-order chi connectivity index (χ1) is 6.27. The molecular weight excluding hydrogens is 160 g/mol. The summed E-state index contributed by atoms with van der Waals surface area (Å²) in [7, 11) is 0. The van der Waals surface area contributed by atoms with E-state index in [2.05, 4.69) is 17.9 Å². The van der Waals surface area contributed by atoms with Gasteiger partial charge in [0, 0.05) is 11.5 Å². The van der Waals surface area contributed by atoms with E-state index in [4.69, 9.17) is 10.5 Å². The minimum atomic E-state index is 0.602. The highest BCUT2D eigenvalue weighted by molar-refractivity contribution is 5.46. The first-order valence-corrected chi connectivity index (χ1v) is 3.69. The van der Waals surface area contributed by atoms with Gasteiger partial charge in [0.25, 0.3) is 0 Å². The van der Waals surface area contributed by atoms with E-state index in [0.717, 1.165) is 5.56 Å². The lowest BCUT2D eigenvalue weighted by atomic mass is 10.1. The van der Waals surface area contributed by atoms with Gasteiger partial charge in [0.15, 0.2) is 6.07 Å². The Hall–Kier alpha value is -2.24. The summed E-state index contributed by atoms with van der Waals surface area (Å²) in [4.78, 5) is 0. The maximum Gasteiger partial charge on any atom is 0.152 e. The molecule has 0 unspecified atom stereocenters. The zero-order valence-corrected chi connectivity index (χ0v) is 7.13. The molecule has 0 atom stereocenters. The number of rotatable bonds is 0. The van der Waals surface area contributed by atoms with Crippen LogP contribution in [0.15, 0.2) is 18.2 Å². The van der Waals surface area contributed by atoms with Crippen LogP contribution in [0.4, 0.5) is 0 Å². The van der Waals surface area contributed by atoms with E-state index >= 15 is 0 Å². The highest BCUT2D eigenvalue weighted by Crippen LogP contribution is 2.08. The van der Waals surface area contributed by atoms with Crippen LogP contribution in [0.25, 0.3) is 0 Å². The second kappa shape index (κ2) is 3.96. The van der Waals surface area contributed by atoms with Gasteiger partial charge in [0.1, 0.15) is 0 Å². The third-order valence-corrected chi connectivity index (χ3v) is 1.62. The molecule has 0 N–H and O–H groups in total. The summed E-state index contributed by atoms with van der Waals surface area (Å²) in [5, 5.41) is 16.9. The Labute approximate surface area is 77.0 Å². The van der Waals surface area contributed by atoms with Gasteiger partial charge in [-0.2, -0.15) is 10.5 Å². The van der Waals surface area contributed by atoms with Crippen molar-refractivity contribution in [3.05, 3.63) is 34.9 Å². The van der Waals surface area contributed by atoms with E-state index in [1.807, 2.05) is 13.0 Å². The van der Waals surface area contributed by atoms with Gasteiger partial charge in [0.2, 0.25) is 0 Å². The quantitative estimate of drug-likeness (QED) is 0.551. The predicted molar refractivity (Wildman–Crippen MR) is 48.4 cm³/mol. The number of benzene rings is 1. The minimum absolute atomic E-state index is 0.602.